The number of carbonyl (C=O) groups excluding carboxylic acids is 2. The van der Waals surface area contributed by atoms with E-state index in [0.717, 1.165) is 11.3 Å². The number of ether oxygens (including phenoxy) is 3. The van der Waals surface area contributed by atoms with Gasteiger partial charge in [0.05, 0.1) is 44.4 Å². The summed E-state index contributed by atoms with van der Waals surface area (Å²) in [4.78, 5) is 53.6. The molecular formula is C41H59N17O7. The predicted molar refractivity (Wildman–Crippen MR) is 238 cm³/mol. The summed E-state index contributed by atoms with van der Waals surface area (Å²) < 4.78 is 19.6. The Balaban J connectivity index is 1.07. The number of aliphatic hydroxyl groups is 1. The Kier molecular flexibility index (Phi) is 18.4. The van der Waals surface area contributed by atoms with E-state index in [1.807, 2.05) is 9.80 Å². The molecule has 0 radical (unpaired) electrons. The number of benzene rings is 1. The second kappa shape index (κ2) is 25.0. The number of anilines is 3. The first-order valence-electron chi connectivity index (χ1n) is 21.7. The van der Waals surface area contributed by atoms with Gasteiger partial charge in [0.15, 0.2) is 5.96 Å². The van der Waals surface area contributed by atoms with Crippen LogP contribution in [0.25, 0.3) is 0 Å². The van der Waals surface area contributed by atoms with Crippen LogP contribution in [0.5, 0.6) is 5.75 Å². The molecule has 7 N–H and O–H groups in total. The maximum Gasteiger partial charge on any atom is 0.247 e. The van der Waals surface area contributed by atoms with Gasteiger partial charge in [0.2, 0.25) is 29.7 Å². The number of hydrogen-bond acceptors (Lipinski definition) is 18. The third-order valence-electron chi connectivity index (χ3n) is 10.5. The minimum Gasteiger partial charge on any atom is -0.508 e. The average Bonchev–Trinajstić information content (AvgIpc) is 3.98. The highest BCUT2D eigenvalue weighted by Crippen LogP contribution is 2.23. The molecule has 1 atom stereocenters. The zero-order valence-electron chi connectivity index (χ0n) is 36.5. The van der Waals surface area contributed by atoms with Crippen molar-refractivity contribution in [3.05, 3.63) is 53.6 Å². The van der Waals surface area contributed by atoms with Gasteiger partial charge >= 0.3 is 0 Å². The number of terminal acetylenes is 1. The van der Waals surface area contributed by atoms with Gasteiger partial charge < -0.3 is 60.8 Å². The van der Waals surface area contributed by atoms with Crippen molar-refractivity contribution in [2.75, 3.05) is 127 Å². The monoisotopic (exact) mass is 901 g/mol. The highest BCUT2D eigenvalue weighted by Gasteiger charge is 2.32. The number of phenols is 1. The summed E-state index contributed by atoms with van der Waals surface area (Å²) in [6.45, 7) is 6.72. The van der Waals surface area contributed by atoms with Crippen LogP contribution >= 0.6 is 0 Å². The normalized spacial score (nSPS) is 14.6. The van der Waals surface area contributed by atoms with Gasteiger partial charge in [-0.3, -0.25) is 14.6 Å². The average molecular weight is 902 g/mol. The van der Waals surface area contributed by atoms with Crippen molar-refractivity contribution in [1.29, 1.82) is 0 Å². The fraction of sp³-hybridized carbons (Fsp3) is 0.561. The Bertz CT molecular complexity index is 2160. The highest BCUT2D eigenvalue weighted by atomic mass is 16.5. The van der Waals surface area contributed by atoms with E-state index < -0.39 is 6.04 Å². The molecule has 2 aliphatic rings. The van der Waals surface area contributed by atoms with E-state index in [0.29, 0.717) is 148 Å². The quantitative estimate of drug-likeness (QED) is 0.0210. The number of piperazine rings is 2. The predicted octanol–water partition coefficient (Wildman–Crippen LogP) is -1.92. The van der Waals surface area contributed by atoms with Crippen LogP contribution in [0.2, 0.25) is 0 Å². The molecule has 5 heterocycles. The Hall–Kier alpha value is -6.68. The standard InChI is InChI=1S/C41H59N17O7/c1-2-21-63-23-25-65-26-24-64-22-11-45-39-46-40(55-16-12-53(13-17-55)36(61)30-57-28-32(49-51-57)4-3-10-44-38(42)43)48-41(47-39)56-18-14-54(15-19-56)37(62)35(27-31-5-7-34(60)8-6-31)58-29-33(9-20-59)50-52-58/h1,5-8,28-29,35,59-60H,3-4,9-27,30H2,(H4,42,43,44)(H,45,46,47,48)/t35-/m0/s1. The largest absolute Gasteiger partial charge is 0.508 e. The van der Waals surface area contributed by atoms with Crippen LogP contribution < -0.4 is 26.6 Å². The molecule has 0 unspecified atom stereocenters. The summed E-state index contributed by atoms with van der Waals surface area (Å²) in [5.74, 6) is 3.67. The first kappa shape index (κ1) is 47.8. The number of aliphatic hydroxyl groups excluding tert-OH is 1. The van der Waals surface area contributed by atoms with E-state index in [1.165, 1.54) is 0 Å². The number of hydrogen-bond donors (Lipinski definition) is 5. The topological polar surface area (TPSA) is 292 Å². The van der Waals surface area contributed by atoms with E-state index in [9.17, 15) is 19.8 Å². The lowest BCUT2D eigenvalue weighted by molar-refractivity contribution is -0.135. The van der Waals surface area contributed by atoms with E-state index in [2.05, 4.69) is 36.9 Å². The number of nitrogens with zero attached hydrogens (tertiary/aromatic N) is 14. The highest BCUT2D eigenvalue weighted by molar-refractivity contribution is 5.81. The Labute approximate surface area is 376 Å². The molecule has 0 spiro atoms. The number of aliphatic imine (C=N–C) groups is 1. The number of phenolic OH excluding ortho intramolecular Hbond substituents is 1. The van der Waals surface area contributed by atoms with Crippen molar-refractivity contribution in [3.8, 4) is 18.1 Å². The fourth-order valence-corrected chi connectivity index (χ4v) is 7.10. The van der Waals surface area contributed by atoms with Gasteiger partial charge in [0.1, 0.15) is 24.9 Å². The van der Waals surface area contributed by atoms with Crippen molar-refractivity contribution in [2.24, 2.45) is 16.5 Å². The van der Waals surface area contributed by atoms with Gasteiger partial charge in [-0.15, -0.1) is 16.6 Å². The van der Waals surface area contributed by atoms with Crippen LogP contribution in [0.4, 0.5) is 17.8 Å². The van der Waals surface area contributed by atoms with Gasteiger partial charge in [-0.05, 0) is 30.5 Å². The van der Waals surface area contributed by atoms with Crippen LogP contribution in [0.15, 0.2) is 41.7 Å². The van der Waals surface area contributed by atoms with Crippen molar-refractivity contribution >= 4 is 35.6 Å². The summed E-state index contributed by atoms with van der Waals surface area (Å²) >= 11 is 0. The second-order valence-electron chi connectivity index (χ2n) is 15.2. The van der Waals surface area contributed by atoms with E-state index >= 15 is 0 Å². The number of rotatable bonds is 25. The third-order valence-corrected chi connectivity index (χ3v) is 10.5. The number of amides is 2. The first-order chi connectivity index (χ1) is 31.7. The van der Waals surface area contributed by atoms with E-state index in [4.69, 9.17) is 47.1 Å². The lowest BCUT2D eigenvalue weighted by atomic mass is 10.0. The first-order valence-corrected chi connectivity index (χ1v) is 21.7. The summed E-state index contributed by atoms with van der Waals surface area (Å²) in [5.41, 5.74) is 13.0. The van der Waals surface area contributed by atoms with Gasteiger partial charge in [-0.1, -0.05) is 28.5 Å². The van der Waals surface area contributed by atoms with Crippen molar-refractivity contribution < 1.29 is 34.0 Å². The van der Waals surface area contributed by atoms with Crippen molar-refractivity contribution in [1.82, 2.24) is 54.7 Å². The minimum atomic E-state index is -0.695. The zero-order valence-corrected chi connectivity index (χ0v) is 36.5. The maximum absolute atomic E-state index is 14.2. The van der Waals surface area contributed by atoms with E-state index in [1.54, 1.807) is 55.8 Å². The fourth-order valence-electron chi connectivity index (χ4n) is 7.10. The number of carbonyl (C=O) groups is 2. The lowest BCUT2D eigenvalue weighted by Gasteiger charge is -2.37. The van der Waals surface area contributed by atoms with Gasteiger partial charge in [0.25, 0.3) is 0 Å². The van der Waals surface area contributed by atoms with Crippen LogP contribution in [0.1, 0.15) is 29.4 Å². The van der Waals surface area contributed by atoms with E-state index in [-0.39, 0.29) is 43.3 Å². The molecule has 24 heteroatoms. The lowest BCUT2D eigenvalue weighted by Crippen LogP contribution is -2.52. The van der Waals surface area contributed by atoms with Crippen LogP contribution in [-0.2, 0) is 49.6 Å². The summed E-state index contributed by atoms with van der Waals surface area (Å²) in [6, 6.07) is 6.03. The molecule has 2 fully saturated rings. The maximum atomic E-state index is 14.2. The smallest absolute Gasteiger partial charge is 0.247 e. The molecule has 4 aromatic rings. The molecule has 24 nitrogen and oxygen atoms in total. The molecule has 2 amide bonds. The number of aryl methyl sites for hydroxylation is 1. The number of nitrogens with one attached hydrogen (secondary N) is 1. The zero-order chi connectivity index (χ0) is 45.8. The van der Waals surface area contributed by atoms with Gasteiger partial charge in [-0.25, -0.2) is 9.36 Å². The molecule has 350 valence electrons. The van der Waals surface area contributed by atoms with Crippen LogP contribution in [0, 0.1) is 12.3 Å². The number of nitrogens with two attached hydrogens (primary N) is 2. The number of aromatic hydroxyl groups is 1. The molecular weight excluding hydrogens is 843 g/mol. The Morgan fingerprint density at radius 3 is 2.11 bits per heavy atom. The molecule has 0 bridgehead atoms. The summed E-state index contributed by atoms with van der Waals surface area (Å²) in [7, 11) is 0. The molecule has 2 saturated heterocycles. The van der Waals surface area contributed by atoms with Crippen LogP contribution in [-0.4, -0.2) is 194 Å². The third kappa shape index (κ3) is 15.0. The minimum absolute atomic E-state index is 0.0456. The summed E-state index contributed by atoms with van der Waals surface area (Å²) in [6.07, 6.45) is 10.6. The molecule has 6 rings (SSSR count). The molecule has 1 aromatic carbocycles. The molecule has 65 heavy (non-hydrogen) atoms. The number of aromatic nitrogens is 9. The Morgan fingerprint density at radius 2 is 1.45 bits per heavy atom. The van der Waals surface area contributed by atoms with Gasteiger partial charge in [0, 0.05) is 97.3 Å². The summed E-state index contributed by atoms with van der Waals surface area (Å²) in [5, 5.41) is 39.3. The molecule has 0 saturated carbocycles. The van der Waals surface area contributed by atoms with Crippen molar-refractivity contribution in [3.63, 3.8) is 0 Å². The Morgan fingerprint density at radius 1 is 0.815 bits per heavy atom. The van der Waals surface area contributed by atoms with Gasteiger partial charge in [-0.2, -0.15) is 15.0 Å². The number of guanidine groups is 1. The molecule has 3 aromatic heterocycles. The second-order valence-corrected chi connectivity index (χ2v) is 15.2. The van der Waals surface area contributed by atoms with Crippen LogP contribution in [0.3, 0.4) is 0 Å². The SMILES string of the molecule is C#CCOCCOCCOCCNc1nc(N2CCN(C(=O)Cn3cc(CCCN=C(N)N)nn3)CC2)nc(N2CCN(C(=O)[C@H](Cc3ccc(O)cc3)n3cc(CCO)nn3)CC2)n1. The van der Waals surface area contributed by atoms with Crippen molar-refractivity contribution in [2.45, 2.75) is 38.3 Å². The molecule has 0 aliphatic carbocycles. The molecule has 2 aliphatic heterocycles.